The third-order valence-electron chi connectivity index (χ3n) is 2.60. The Morgan fingerprint density at radius 1 is 1.29 bits per heavy atom. The number of rotatable bonds is 3. The number of hydrogen-bond acceptors (Lipinski definition) is 2. The molecule has 0 amide bonds. The minimum absolute atomic E-state index is 0.233. The van der Waals surface area contributed by atoms with Gasteiger partial charge in [0.15, 0.2) is 0 Å². The summed E-state index contributed by atoms with van der Waals surface area (Å²) < 4.78 is 14.1. The van der Waals surface area contributed by atoms with E-state index in [0.717, 1.165) is 4.88 Å². The first-order valence-electron chi connectivity index (χ1n) is 5.20. The van der Waals surface area contributed by atoms with Gasteiger partial charge in [-0.2, -0.15) is 0 Å². The van der Waals surface area contributed by atoms with E-state index in [9.17, 15) is 9.50 Å². The molecule has 0 aliphatic carbocycles. The molecule has 1 N–H and O–H groups in total. The topological polar surface area (TPSA) is 20.2 Å². The maximum Gasteiger partial charge on any atom is 0.126 e. The van der Waals surface area contributed by atoms with Crippen LogP contribution in [0.25, 0.3) is 0 Å². The van der Waals surface area contributed by atoms with E-state index in [1.54, 1.807) is 37.3 Å². The van der Waals surface area contributed by atoms with E-state index < -0.39 is 5.60 Å². The minimum Gasteiger partial charge on any atom is -0.384 e. The van der Waals surface area contributed by atoms with E-state index in [1.807, 2.05) is 0 Å². The molecular weight excluding hydrogens is 259 g/mol. The van der Waals surface area contributed by atoms with Gasteiger partial charge in [0.05, 0.1) is 4.34 Å². The van der Waals surface area contributed by atoms with Crippen LogP contribution in [-0.2, 0) is 12.0 Å². The van der Waals surface area contributed by atoms with E-state index in [2.05, 4.69) is 0 Å². The highest BCUT2D eigenvalue weighted by atomic mass is 35.5. The van der Waals surface area contributed by atoms with Crippen LogP contribution in [0.2, 0.25) is 4.34 Å². The maximum absolute atomic E-state index is 13.5. The molecule has 0 aliphatic rings. The van der Waals surface area contributed by atoms with Crippen LogP contribution in [0.15, 0.2) is 36.4 Å². The molecule has 0 radical (unpaired) electrons. The van der Waals surface area contributed by atoms with Crippen molar-refractivity contribution in [2.75, 3.05) is 0 Å². The highest BCUT2D eigenvalue weighted by molar-refractivity contribution is 7.16. The fraction of sp³-hybridized carbons (Fsp3) is 0.231. The predicted molar refractivity (Wildman–Crippen MR) is 69.0 cm³/mol. The molecule has 0 aliphatic heterocycles. The second-order valence-corrected chi connectivity index (χ2v) is 5.86. The Hall–Kier alpha value is -0.900. The van der Waals surface area contributed by atoms with Crippen LogP contribution in [0.5, 0.6) is 0 Å². The summed E-state index contributed by atoms with van der Waals surface area (Å²) >= 11 is 7.15. The van der Waals surface area contributed by atoms with Crippen LogP contribution in [0.4, 0.5) is 4.39 Å². The van der Waals surface area contributed by atoms with E-state index in [0.29, 0.717) is 9.90 Å². The Balaban J connectivity index is 2.26. The van der Waals surface area contributed by atoms with Gasteiger partial charge in [0.25, 0.3) is 0 Å². The maximum atomic E-state index is 13.5. The summed E-state index contributed by atoms with van der Waals surface area (Å²) in [6, 6.07) is 9.97. The molecule has 1 aromatic carbocycles. The van der Waals surface area contributed by atoms with Crippen molar-refractivity contribution in [3.05, 3.63) is 57.0 Å². The van der Waals surface area contributed by atoms with Crippen molar-refractivity contribution >= 4 is 22.9 Å². The Bertz CT molecular complexity index is 522. The molecule has 0 saturated heterocycles. The van der Waals surface area contributed by atoms with Crippen LogP contribution < -0.4 is 0 Å². The predicted octanol–water partition coefficient (Wildman–Crippen LogP) is 3.99. The summed E-state index contributed by atoms with van der Waals surface area (Å²) in [7, 11) is 0. The van der Waals surface area contributed by atoms with Gasteiger partial charge in [-0.15, -0.1) is 11.3 Å². The molecule has 2 rings (SSSR count). The van der Waals surface area contributed by atoms with E-state index in [-0.39, 0.29) is 12.2 Å². The zero-order valence-electron chi connectivity index (χ0n) is 9.28. The third-order valence-corrected chi connectivity index (χ3v) is 4.08. The molecule has 0 saturated carbocycles. The van der Waals surface area contributed by atoms with E-state index in [4.69, 9.17) is 11.6 Å². The molecule has 0 bridgehead atoms. The van der Waals surface area contributed by atoms with Gasteiger partial charge in [-0.1, -0.05) is 29.8 Å². The molecule has 1 heterocycles. The van der Waals surface area contributed by atoms with Crippen molar-refractivity contribution in [3.8, 4) is 0 Å². The lowest BCUT2D eigenvalue weighted by molar-refractivity contribution is 0.0605. The van der Waals surface area contributed by atoms with Crippen molar-refractivity contribution in [3.63, 3.8) is 0 Å². The highest BCUT2D eigenvalue weighted by Crippen LogP contribution is 2.33. The largest absolute Gasteiger partial charge is 0.384 e. The Labute approximate surface area is 108 Å². The highest BCUT2D eigenvalue weighted by Gasteiger charge is 2.26. The lowest BCUT2D eigenvalue weighted by Crippen LogP contribution is -2.23. The van der Waals surface area contributed by atoms with E-state index >= 15 is 0 Å². The normalized spacial score (nSPS) is 14.6. The summed E-state index contributed by atoms with van der Waals surface area (Å²) in [6.45, 7) is 1.67. The second-order valence-electron chi connectivity index (χ2n) is 4.15. The number of halogens is 2. The number of thiophene rings is 1. The van der Waals surface area contributed by atoms with Crippen molar-refractivity contribution in [1.29, 1.82) is 0 Å². The molecule has 1 atom stereocenters. The van der Waals surface area contributed by atoms with Crippen molar-refractivity contribution < 1.29 is 9.50 Å². The van der Waals surface area contributed by atoms with Crippen molar-refractivity contribution in [2.24, 2.45) is 0 Å². The molecule has 0 fully saturated rings. The number of benzene rings is 1. The van der Waals surface area contributed by atoms with Crippen molar-refractivity contribution in [2.45, 2.75) is 18.9 Å². The average Bonchev–Trinajstić information content (AvgIpc) is 2.69. The van der Waals surface area contributed by atoms with Gasteiger partial charge in [0, 0.05) is 11.3 Å². The zero-order chi connectivity index (χ0) is 12.5. The first-order valence-corrected chi connectivity index (χ1v) is 6.40. The van der Waals surface area contributed by atoms with Gasteiger partial charge in [-0.05, 0) is 30.7 Å². The fourth-order valence-corrected chi connectivity index (χ4v) is 2.79. The molecule has 0 spiro atoms. The molecule has 1 nitrogen and oxygen atoms in total. The zero-order valence-corrected chi connectivity index (χ0v) is 10.9. The minimum atomic E-state index is -1.10. The quantitative estimate of drug-likeness (QED) is 0.894. The first-order chi connectivity index (χ1) is 7.99. The van der Waals surface area contributed by atoms with Crippen molar-refractivity contribution in [1.82, 2.24) is 0 Å². The van der Waals surface area contributed by atoms with Gasteiger partial charge in [0.1, 0.15) is 11.4 Å². The van der Waals surface area contributed by atoms with Gasteiger partial charge < -0.3 is 5.11 Å². The smallest absolute Gasteiger partial charge is 0.126 e. The van der Waals surface area contributed by atoms with Gasteiger partial charge in [-0.25, -0.2) is 4.39 Å². The van der Waals surface area contributed by atoms with Crippen LogP contribution in [-0.4, -0.2) is 5.11 Å². The monoisotopic (exact) mass is 270 g/mol. The molecule has 4 heteroatoms. The SMILES string of the molecule is CC(O)(Cc1ccccc1F)c1ccc(Cl)s1. The van der Waals surface area contributed by atoms with Gasteiger partial charge >= 0.3 is 0 Å². The summed E-state index contributed by atoms with van der Waals surface area (Å²) in [4.78, 5) is 0.741. The Morgan fingerprint density at radius 3 is 2.59 bits per heavy atom. The molecule has 90 valence electrons. The third kappa shape index (κ3) is 2.86. The van der Waals surface area contributed by atoms with Crippen LogP contribution >= 0.6 is 22.9 Å². The standard InChI is InChI=1S/C13H12ClFOS/c1-13(16,11-6-7-12(14)17-11)8-9-4-2-3-5-10(9)15/h2-7,16H,8H2,1H3. The lowest BCUT2D eigenvalue weighted by atomic mass is 9.95. The molecule has 2 aromatic rings. The summed E-state index contributed by atoms with van der Waals surface area (Å²) in [5, 5.41) is 10.4. The molecule has 1 unspecified atom stereocenters. The fourth-order valence-electron chi connectivity index (χ4n) is 1.70. The van der Waals surface area contributed by atoms with E-state index in [1.165, 1.54) is 17.4 Å². The first kappa shape index (κ1) is 12.6. The van der Waals surface area contributed by atoms with Crippen LogP contribution in [0, 0.1) is 5.82 Å². The Kier molecular flexibility index (Phi) is 3.52. The molecule has 1 aromatic heterocycles. The summed E-state index contributed by atoms with van der Waals surface area (Å²) in [5.41, 5.74) is -0.595. The van der Waals surface area contributed by atoms with Crippen LogP contribution in [0.3, 0.4) is 0 Å². The average molecular weight is 271 g/mol. The van der Waals surface area contributed by atoms with Gasteiger partial charge in [-0.3, -0.25) is 0 Å². The molecular formula is C13H12ClFOS. The Morgan fingerprint density at radius 2 is 2.00 bits per heavy atom. The van der Waals surface area contributed by atoms with Crippen LogP contribution in [0.1, 0.15) is 17.4 Å². The second kappa shape index (κ2) is 4.77. The number of aliphatic hydroxyl groups is 1. The lowest BCUT2D eigenvalue weighted by Gasteiger charge is -2.22. The van der Waals surface area contributed by atoms with Gasteiger partial charge in [0.2, 0.25) is 0 Å². The molecule has 17 heavy (non-hydrogen) atoms. The number of hydrogen-bond donors (Lipinski definition) is 1. The summed E-state index contributed by atoms with van der Waals surface area (Å²) in [6.07, 6.45) is 0.233. The summed E-state index contributed by atoms with van der Waals surface area (Å²) in [5.74, 6) is -0.296.